The van der Waals surface area contributed by atoms with Crippen LogP contribution >= 0.6 is 27.3 Å². The van der Waals surface area contributed by atoms with Crippen LogP contribution < -0.4 is 25.5 Å². The number of thiazole rings is 1. The van der Waals surface area contributed by atoms with Crippen molar-refractivity contribution in [1.29, 1.82) is 0 Å². The molecule has 0 aliphatic heterocycles. The number of amides is 2. The Kier molecular flexibility index (Phi) is 10.2. The minimum absolute atomic E-state index is 0.210. The van der Waals surface area contributed by atoms with E-state index >= 15 is 0 Å². The minimum Gasteiger partial charge on any atom is -0.493 e. The molecule has 45 heavy (non-hydrogen) atoms. The first-order valence-electron chi connectivity index (χ1n) is 13.9. The molecule has 0 unspecified atom stereocenters. The number of hydrogen-bond acceptors (Lipinski definition) is 8. The Hall–Kier alpha value is -5.00. The van der Waals surface area contributed by atoms with Crippen LogP contribution in [0, 0.1) is 13.8 Å². The number of ether oxygens (including phenoxy) is 2. The van der Waals surface area contributed by atoms with Gasteiger partial charge in [0.25, 0.3) is 11.8 Å². The zero-order chi connectivity index (χ0) is 31.8. The van der Waals surface area contributed by atoms with E-state index in [1.165, 1.54) is 24.7 Å². The van der Waals surface area contributed by atoms with Crippen LogP contribution in [0.2, 0.25) is 0 Å². The number of carbonyl (C=O) groups is 2. The van der Waals surface area contributed by atoms with Gasteiger partial charge in [-0.05, 0) is 95.0 Å². The number of para-hydroxylation sites is 1. The van der Waals surface area contributed by atoms with Crippen molar-refractivity contribution in [2.45, 2.75) is 13.8 Å². The van der Waals surface area contributed by atoms with Crippen LogP contribution in [0.5, 0.6) is 11.5 Å². The van der Waals surface area contributed by atoms with Crippen molar-refractivity contribution in [3.8, 4) is 22.8 Å². The second kappa shape index (κ2) is 14.7. The van der Waals surface area contributed by atoms with Gasteiger partial charge >= 0.3 is 0 Å². The number of nitrogens with zero attached hydrogens (tertiary/aromatic N) is 2. The average molecular weight is 685 g/mol. The van der Waals surface area contributed by atoms with Crippen LogP contribution in [0.1, 0.15) is 27.0 Å². The van der Waals surface area contributed by atoms with Crippen molar-refractivity contribution < 1.29 is 19.1 Å². The van der Waals surface area contributed by atoms with Crippen LogP contribution in [0.4, 0.5) is 16.5 Å². The summed E-state index contributed by atoms with van der Waals surface area (Å²) in [5, 5.41) is 13.0. The van der Waals surface area contributed by atoms with E-state index in [-0.39, 0.29) is 18.4 Å². The molecule has 5 rings (SSSR count). The zero-order valence-electron chi connectivity index (χ0n) is 24.8. The summed E-state index contributed by atoms with van der Waals surface area (Å²) in [7, 11) is 1.50. The molecule has 0 saturated carbocycles. The molecule has 0 fully saturated rings. The number of benzene rings is 4. The number of methoxy groups -OCH3 is 1. The van der Waals surface area contributed by atoms with Crippen molar-refractivity contribution in [2.24, 2.45) is 5.10 Å². The molecule has 11 heteroatoms. The summed E-state index contributed by atoms with van der Waals surface area (Å²) in [6, 6.07) is 26.2. The molecule has 2 amide bonds. The Labute approximate surface area is 273 Å². The van der Waals surface area contributed by atoms with Gasteiger partial charge in [0, 0.05) is 27.9 Å². The Morgan fingerprint density at radius 3 is 2.47 bits per heavy atom. The second-order valence-electron chi connectivity index (χ2n) is 9.98. The van der Waals surface area contributed by atoms with Gasteiger partial charge in [-0.25, -0.2) is 10.4 Å². The summed E-state index contributed by atoms with van der Waals surface area (Å²) in [5.74, 6) is 0.112. The molecule has 0 aliphatic rings. The Balaban J connectivity index is 1.15. The van der Waals surface area contributed by atoms with Gasteiger partial charge in [0.2, 0.25) is 0 Å². The summed E-state index contributed by atoms with van der Waals surface area (Å²) in [6.07, 6.45) is 1.49. The fourth-order valence-corrected chi connectivity index (χ4v) is 5.55. The summed E-state index contributed by atoms with van der Waals surface area (Å²) in [5.41, 5.74) is 9.26. The molecule has 0 atom stereocenters. The van der Waals surface area contributed by atoms with Crippen molar-refractivity contribution >= 4 is 61.8 Å². The van der Waals surface area contributed by atoms with Crippen molar-refractivity contribution in [2.75, 3.05) is 24.4 Å². The summed E-state index contributed by atoms with van der Waals surface area (Å²) < 4.78 is 11.8. The smallest absolute Gasteiger partial charge is 0.271 e. The van der Waals surface area contributed by atoms with Crippen LogP contribution in [0.15, 0.2) is 99.9 Å². The maximum atomic E-state index is 12.7. The van der Waals surface area contributed by atoms with E-state index in [2.05, 4.69) is 42.1 Å². The Bertz CT molecular complexity index is 1840. The van der Waals surface area contributed by atoms with E-state index in [4.69, 9.17) is 9.47 Å². The van der Waals surface area contributed by atoms with Crippen molar-refractivity contribution in [1.82, 2.24) is 10.4 Å². The fourth-order valence-electron chi connectivity index (χ4n) is 4.24. The normalized spacial score (nSPS) is 10.8. The molecule has 1 heterocycles. The first-order chi connectivity index (χ1) is 21.8. The first-order valence-corrected chi connectivity index (χ1v) is 15.5. The Morgan fingerprint density at radius 1 is 0.956 bits per heavy atom. The third-order valence-electron chi connectivity index (χ3n) is 6.74. The van der Waals surface area contributed by atoms with Gasteiger partial charge in [-0.1, -0.05) is 36.4 Å². The van der Waals surface area contributed by atoms with E-state index in [1.54, 1.807) is 24.3 Å². The van der Waals surface area contributed by atoms with E-state index in [0.717, 1.165) is 33.2 Å². The van der Waals surface area contributed by atoms with E-state index < -0.39 is 0 Å². The SMILES string of the molecule is COc1cc(/C=N/NC(=O)c2ccc(-c3csc(Nc4ccccc4)n3)cc2)cc(Br)c1OCC(=O)Nc1ccc(C)c(C)c1. The molecule has 3 N–H and O–H groups in total. The Morgan fingerprint density at radius 2 is 1.73 bits per heavy atom. The molecule has 0 aliphatic carbocycles. The zero-order valence-corrected chi connectivity index (χ0v) is 27.2. The predicted molar refractivity (Wildman–Crippen MR) is 183 cm³/mol. The molecule has 9 nitrogen and oxygen atoms in total. The summed E-state index contributed by atoms with van der Waals surface area (Å²) in [4.78, 5) is 29.8. The van der Waals surface area contributed by atoms with Crippen LogP contribution in [-0.2, 0) is 4.79 Å². The molecule has 228 valence electrons. The van der Waals surface area contributed by atoms with Crippen LogP contribution in [0.3, 0.4) is 0 Å². The third kappa shape index (κ3) is 8.34. The number of nitrogens with one attached hydrogen (secondary N) is 3. The van der Waals surface area contributed by atoms with Crippen LogP contribution in [-0.4, -0.2) is 36.7 Å². The quantitative estimate of drug-likeness (QED) is 0.0970. The molecule has 4 aromatic carbocycles. The van der Waals surface area contributed by atoms with Gasteiger partial charge < -0.3 is 20.1 Å². The minimum atomic E-state index is -0.358. The highest BCUT2D eigenvalue weighted by atomic mass is 79.9. The lowest BCUT2D eigenvalue weighted by Gasteiger charge is -2.14. The number of aromatic nitrogens is 1. The third-order valence-corrected chi connectivity index (χ3v) is 8.09. The number of halogens is 1. The summed E-state index contributed by atoms with van der Waals surface area (Å²) >= 11 is 4.99. The maximum Gasteiger partial charge on any atom is 0.271 e. The predicted octanol–water partition coefficient (Wildman–Crippen LogP) is 7.72. The molecular formula is C34H30BrN5O4S. The van der Waals surface area contributed by atoms with Gasteiger partial charge in [0.05, 0.1) is 23.5 Å². The highest BCUT2D eigenvalue weighted by molar-refractivity contribution is 9.10. The molecule has 0 spiro atoms. The highest BCUT2D eigenvalue weighted by Crippen LogP contribution is 2.36. The van der Waals surface area contributed by atoms with Gasteiger partial charge in [-0.15, -0.1) is 11.3 Å². The number of aryl methyl sites for hydroxylation is 2. The van der Waals surface area contributed by atoms with Gasteiger partial charge in [0.1, 0.15) is 0 Å². The van der Waals surface area contributed by atoms with Crippen LogP contribution in [0.25, 0.3) is 11.3 Å². The second-order valence-corrected chi connectivity index (χ2v) is 11.7. The van der Waals surface area contributed by atoms with Gasteiger partial charge in [-0.3, -0.25) is 9.59 Å². The number of hydrogen-bond donors (Lipinski definition) is 3. The lowest BCUT2D eigenvalue weighted by Crippen LogP contribution is -2.20. The number of hydrazone groups is 1. The topological polar surface area (TPSA) is 114 Å². The monoisotopic (exact) mass is 683 g/mol. The fraction of sp³-hybridized carbons (Fsp3) is 0.118. The number of carbonyl (C=O) groups excluding carboxylic acids is 2. The van der Waals surface area contributed by atoms with Gasteiger partial charge in [0.15, 0.2) is 23.2 Å². The summed E-state index contributed by atoms with van der Waals surface area (Å²) in [6.45, 7) is 3.79. The number of rotatable bonds is 11. The largest absolute Gasteiger partial charge is 0.493 e. The van der Waals surface area contributed by atoms with Gasteiger partial charge in [-0.2, -0.15) is 5.10 Å². The highest BCUT2D eigenvalue weighted by Gasteiger charge is 2.14. The molecule has 0 radical (unpaired) electrons. The molecule has 0 bridgehead atoms. The molecule has 5 aromatic rings. The molecule has 1 aromatic heterocycles. The van der Waals surface area contributed by atoms with E-state index in [0.29, 0.717) is 32.8 Å². The molecule has 0 saturated heterocycles. The first kappa shape index (κ1) is 31.4. The van der Waals surface area contributed by atoms with Crippen molar-refractivity contribution in [3.05, 3.63) is 117 Å². The maximum absolute atomic E-state index is 12.7. The van der Waals surface area contributed by atoms with E-state index in [1.807, 2.05) is 79.9 Å². The molecular weight excluding hydrogens is 654 g/mol. The lowest BCUT2D eigenvalue weighted by atomic mass is 10.1. The average Bonchev–Trinajstić information content (AvgIpc) is 3.51. The van der Waals surface area contributed by atoms with Crippen molar-refractivity contribution in [3.63, 3.8) is 0 Å². The lowest BCUT2D eigenvalue weighted by molar-refractivity contribution is -0.118. The number of anilines is 3. The van der Waals surface area contributed by atoms with E-state index in [9.17, 15) is 9.59 Å². The standard InChI is InChI=1S/C34H30BrN5O4S/c1-21-9-14-27(15-22(21)2)37-31(41)19-44-32-28(35)16-23(17-30(32)43-3)18-36-40-33(42)25-12-10-24(11-13-25)29-20-45-34(39-29)38-26-7-5-4-6-8-26/h4-18,20H,19H2,1-3H3,(H,37,41)(H,38,39)(H,40,42)/b36-18+.